The highest BCUT2D eigenvalue weighted by Crippen LogP contribution is 2.35. The Morgan fingerprint density at radius 1 is 0.542 bits per heavy atom. The molecular weight excluding hydrogens is 939 g/mol. The molecule has 0 atom stereocenters. The number of unbranched alkanes of at least 4 members (excludes halogenated alkanes) is 30. The van der Waals surface area contributed by atoms with Crippen LogP contribution < -0.4 is 15.2 Å². The Kier molecular flexibility index (Phi) is 28.6. The molecule has 4 rings (SSSR count). The molecule has 5 N–H and O–H groups in total. The lowest BCUT2D eigenvalue weighted by molar-refractivity contribution is 0.0749. The van der Waals surface area contributed by atoms with Crippen molar-refractivity contribution in [3.63, 3.8) is 0 Å². The predicted molar refractivity (Wildman–Crippen MR) is 302 cm³/mol. The zero-order valence-corrected chi connectivity index (χ0v) is 46.3. The topological polar surface area (TPSA) is 172 Å². The van der Waals surface area contributed by atoms with E-state index in [-0.39, 0.29) is 27.1 Å². The number of anilines is 3. The number of nitrogens with zero attached hydrogens (tertiary/aromatic N) is 2. The number of hydrogen-bond donors (Lipinski definition) is 4. The first-order valence-corrected chi connectivity index (χ1v) is 31.3. The summed E-state index contributed by atoms with van der Waals surface area (Å²) in [7, 11) is -8.46. The largest absolute Gasteiger partial charge is 0.506 e. The van der Waals surface area contributed by atoms with Gasteiger partial charge in [-0.2, -0.15) is 0 Å². The highest BCUT2D eigenvalue weighted by atomic mass is 32.2. The zero-order valence-electron chi connectivity index (χ0n) is 44.7. The molecule has 0 radical (unpaired) electrons. The molecule has 0 saturated carbocycles. The fourth-order valence-electron chi connectivity index (χ4n) is 9.69. The Labute approximate surface area is 436 Å². The number of sulfonamides is 2. The normalized spacial score (nSPS) is 11.9. The number of nitrogens with two attached hydrogens (primary N) is 1. The van der Waals surface area contributed by atoms with Crippen LogP contribution in [0.5, 0.6) is 5.75 Å². The Morgan fingerprint density at radius 3 is 1.46 bits per heavy atom. The van der Waals surface area contributed by atoms with Gasteiger partial charge in [0.25, 0.3) is 26.0 Å². The van der Waals surface area contributed by atoms with Gasteiger partial charge >= 0.3 is 0 Å². The minimum Gasteiger partial charge on any atom is -0.506 e. The molecule has 0 fully saturated rings. The van der Waals surface area contributed by atoms with Crippen LogP contribution in [0, 0.1) is 6.92 Å². The molecule has 72 heavy (non-hydrogen) atoms. The molecule has 0 unspecified atom stereocenters. The van der Waals surface area contributed by atoms with Crippen molar-refractivity contribution in [1.82, 2.24) is 9.88 Å². The molecule has 3 aromatic carbocycles. The Morgan fingerprint density at radius 2 is 0.986 bits per heavy atom. The first-order chi connectivity index (χ1) is 34.9. The Balaban J connectivity index is 1.29. The number of hydrogen-bond acceptors (Lipinski definition) is 8. The summed E-state index contributed by atoms with van der Waals surface area (Å²) >= 11 is 0. The number of aromatic hydroxyl groups is 1. The molecule has 1 amide bonds. The first-order valence-electron chi connectivity index (χ1n) is 28.3. The average Bonchev–Trinajstić information content (AvgIpc) is 3.36. The number of rotatable bonds is 41. The van der Waals surface area contributed by atoms with E-state index in [1.54, 1.807) is 31.2 Å². The highest BCUT2D eigenvalue weighted by Gasteiger charge is 2.24. The number of pyridine rings is 1. The third kappa shape index (κ3) is 22.0. The molecule has 4 aromatic rings. The molecule has 11 nitrogen and oxygen atoms in total. The van der Waals surface area contributed by atoms with Crippen LogP contribution in [-0.2, 0) is 20.0 Å². The molecule has 0 aliphatic carbocycles. The second kappa shape index (κ2) is 34.2. The zero-order chi connectivity index (χ0) is 51.9. The van der Waals surface area contributed by atoms with E-state index in [9.17, 15) is 26.7 Å². The highest BCUT2D eigenvalue weighted by molar-refractivity contribution is 7.93. The number of carbonyl (C=O) groups excluding carboxylic acids is 1. The molecule has 0 aliphatic heterocycles. The van der Waals surface area contributed by atoms with Crippen molar-refractivity contribution in [1.29, 1.82) is 0 Å². The number of nitrogens with one attached hydrogen (secondary N) is 2. The quantitative estimate of drug-likeness (QED) is 0.0193. The number of phenols is 1. The summed E-state index contributed by atoms with van der Waals surface area (Å²) in [6.45, 7) is 7.40. The van der Waals surface area contributed by atoms with E-state index in [2.05, 4.69) is 28.3 Å². The molecule has 0 aliphatic rings. The summed E-state index contributed by atoms with van der Waals surface area (Å²) in [6.07, 6.45) is 42.5. The van der Waals surface area contributed by atoms with Crippen LogP contribution in [0.3, 0.4) is 0 Å². The van der Waals surface area contributed by atoms with Gasteiger partial charge in [-0.1, -0.05) is 213 Å². The number of aromatic nitrogens is 1. The van der Waals surface area contributed by atoms with E-state index in [1.807, 2.05) is 4.90 Å². The molecule has 1 heterocycles. The second-order valence-corrected chi connectivity index (χ2v) is 23.7. The lowest BCUT2D eigenvalue weighted by Gasteiger charge is -2.23. The lowest BCUT2D eigenvalue weighted by atomic mass is 10.0. The average molecular weight is 1030 g/mol. The van der Waals surface area contributed by atoms with Crippen molar-refractivity contribution in [3.05, 3.63) is 78.0 Å². The molecule has 1 aromatic heterocycles. The molecule has 0 saturated heterocycles. The van der Waals surface area contributed by atoms with E-state index < -0.39 is 25.8 Å². The number of benzene rings is 3. The van der Waals surface area contributed by atoms with Crippen LogP contribution in [0.2, 0.25) is 0 Å². The van der Waals surface area contributed by atoms with E-state index in [4.69, 9.17) is 5.73 Å². The van der Waals surface area contributed by atoms with E-state index in [0.29, 0.717) is 40.8 Å². The van der Waals surface area contributed by atoms with Gasteiger partial charge in [-0.25, -0.2) is 16.8 Å². The fraction of sp³-hybridized carbons (Fsp3) is 0.627. The molecule has 0 bridgehead atoms. The summed E-state index contributed by atoms with van der Waals surface area (Å²) in [5, 5.41) is 11.3. The van der Waals surface area contributed by atoms with Gasteiger partial charge in [-0.05, 0) is 73.9 Å². The molecule has 402 valence electrons. The molecular formula is C59H93N5O6S2. The number of aryl methyl sites for hydroxylation is 1. The van der Waals surface area contributed by atoms with Crippen LogP contribution in [0.1, 0.15) is 235 Å². The van der Waals surface area contributed by atoms with Gasteiger partial charge in [0.1, 0.15) is 5.75 Å². The SMILES string of the molecule is CCCCCCCCCCCCCCCCCCN(CCCCCCCCCCCCCCCCCC)C(=O)c1cccc(S(=O)(=O)Nc2cc(O)c(NS(=O)(=O)c3ccc(N)c4ncccc34)cc2C)c1. The number of amides is 1. The van der Waals surface area contributed by atoms with Gasteiger partial charge < -0.3 is 15.7 Å². The maximum absolute atomic E-state index is 14.2. The van der Waals surface area contributed by atoms with Crippen molar-refractivity contribution < 1.29 is 26.7 Å². The first kappa shape index (κ1) is 60.2. The maximum atomic E-state index is 14.2. The van der Waals surface area contributed by atoms with E-state index in [0.717, 1.165) is 38.5 Å². The standard InChI is InChI=1S/C59H93N5O6S2/c1-4-6-8-10-12-14-16-18-20-22-24-26-28-30-32-34-44-64(45-35-33-31-29-27-25-23-21-19-17-15-13-11-9-7-5-2)59(66)50-38-36-39-51(47-50)71(67,68)62-54-48-56(65)55(46-49(54)3)63-72(69,70)57-42-41-53(60)58-52(57)40-37-43-61-58/h36-43,46-48,62-63,65H,4-35,44-45,60H2,1-3H3. The lowest BCUT2D eigenvalue weighted by Crippen LogP contribution is -2.33. The van der Waals surface area contributed by atoms with Crippen LogP contribution in [0.4, 0.5) is 17.1 Å². The summed E-state index contributed by atoms with van der Waals surface area (Å²) in [5.74, 6) is -0.661. The Bertz CT molecular complexity index is 2360. The molecule has 13 heteroatoms. The van der Waals surface area contributed by atoms with E-state index in [1.165, 1.54) is 210 Å². The van der Waals surface area contributed by atoms with Crippen molar-refractivity contribution in [2.45, 2.75) is 236 Å². The number of nitrogen functional groups attached to an aromatic ring is 1. The number of phenolic OH excluding ortho intramolecular Hbond substituents is 1. The minimum absolute atomic E-state index is 0.0583. The number of carbonyl (C=O) groups is 1. The predicted octanol–water partition coefficient (Wildman–Crippen LogP) is 16.4. The van der Waals surface area contributed by atoms with E-state index >= 15 is 0 Å². The van der Waals surface area contributed by atoms with Crippen molar-refractivity contribution in [3.8, 4) is 5.75 Å². The maximum Gasteiger partial charge on any atom is 0.262 e. The van der Waals surface area contributed by atoms with Gasteiger partial charge in [0, 0.05) is 36.3 Å². The van der Waals surface area contributed by atoms with Gasteiger partial charge in [0.05, 0.1) is 32.4 Å². The van der Waals surface area contributed by atoms with Crippen molar-refractivity contribution in [2.24, 2.45) is 0 Å². The third-order valence-electron chi connectivity index (χ3n) is 14.1. The van der Waals surface area contributed by atoms with Gasteiger partial charge in [-0.15, -0.1) is 0 Å². The smallest absolute Gasteiger partial charge is 0.262 e. The van der Waals surface area contributed by atoms with Crippen LogP contribution in [0.15, 0.2) is 76.7 Å². The summed E-state index contributed by atoms with van der Waals surface area (Å²) in [5.41, 5.74) is 7.28. The van der Waals surface area contributed by atoms with Gasteiger partial charge in [-0.3, -0.25) is 19.2 Å². The molecule has 0 spiro atoms. The summed E-state index contributed by atoms with van der Waals surface area (Å²) in [6, 6.07) is 14.7. The van der Waals surface area contributed by atoms with Crippen LogP contribution in [0.25, 0.3) is 10.9 Å². The van der Waals surface area contributed by atoms with Gasteiger partial charge in [0.15, 0.2) is 0 Å². The van der Waals surface area contributed by atoms with Crippen molar-refractivity contribution in [2.75, 3.05) is 28.3 Å². The summed E-state index contributed by atoms with van der Waals surface area (Å²) < 4.78 is 59.9. The number of fused-ring (bicyclic) bond motifs is 1. The van der Waals surface area contributed by atoms with Crippen molar-refractivity contribution >= 4 is 53.9 Å². The third-order valence-corrected chi connectivity index (χ3v) is 16.9. The monoisotopic (exact) mass is 1030 g/mol. The second-order valence-electron chi connectivity index (χ2n) is 20.4. The minimum atomic E-state index is -4.23. The Hall–Kier alpha value is -4.36. The van der Waals surface area contributed by atoms with Crippen LogP contribution in [-0.4, -0.2) is 50.8 Å². The van der Waals surface area contributed by atoms with Crippen LogP contribution >= 0.6 is 0 Å². The summed E-state index contributed by atoms with van der Waals surface area (Å²) in [4.78, 5) is 20.2. The van der Waals surface area contributed by atoms with Gasteiger partial charge in [0.2, 0.25) is 0 Å². The fourth-order valence-corrected chi connectivity index (χ4v) is 12.1.